The minimum Gasteiger partial charge on any atom is -0.205 e. The summed E-state index contributed by atoms with van der Waals surface area (Å²) in [6, 6.07) is 2.04. The second kappa shape index (κ2) is 3.35. The number of rotatable bonds is 2. The molecule has 1 heteroatoms. The molecule has 0 amide bonds. The zero-order valence-electron chi connectivity index (χ0n) is 7.67. The SMILES string of the molecule is C=Cc1cc[n+](C)c(C)c1C=C. The van der Waals surface area contributed by atoms with Gasteiger partial charge in [-0.05, 0) is 5.56 Å². The molecular formula is C11H14N+. The van der Waals surface area contributed by atoms with Gasteiger partial charge in [0.25, 0.3) is 0 Å². The van der Waals surface area contributed by atoms with Crippen LogP contribution in [0.25, 0.3) is 12.2 Å². The van der Waals surface area contributed by atoms with Gasteiger partial charge in [-0.1, -0.05) is 25.3 Å². The molecule has 0 radical (unpaired) electrons. The lowest BCUT2D eigenvalue weighted by atomic mass is 10.1. The normalized spacial score (nSPS) is 9.50. The van der Waals surface area contributed by atoms with Gasteiger partial charge < -0.3 is 0 Å². The van der Waals surface area contributed by atoms with Crippen LogP contribution in [0.3, 0.4) is 0 Å². The first-order valence-electron chi connectivity index (χ1n) is 3.94. The predicted molar refractivity (Wildman–Crippen MR) is 52.5 cm³/mol. The lowest BCUT2D eigenvalue weighted by Gasteiger charge is -2.01. The summed E-state index contributed by atoms with van der Waals surface area (Å²) in [5, 5.41) is 0. The van der Waals surface area contributed by atoms with E-state index in [1.165, 1.54) is 5.69 Å². The Morgan fingerprint density at radius 1 is 1.33 bits per heavy atom. The standard InChI is InChI=1S/C11H14N/c1-5-10-7-8-12(4)9(3)11(10)6-2/h5-8H,1-2H2,3-4H3/q+1. The largest absolute Gasteiger partial charge is 0.205 e. The van der Waals surface area contributed by atoms with E-state index >= 15 is 0 Å². The molecule has 1 heterocycles. The first-order valence-corrected chi connectivity index (χ1v) is 3.94. The van der Waals surface area contributed by atoms with Gasteiger partial charge in [-0.15, -0.1) is 0 Å². The van der Waals surface area contributed by atoms with E-state index in [2.05, 4.69) is 24.6 Å². The highest BCUT2D eigenvalue weighted by atomic mass is 14.9. The van der Waals surface area contributed by atoms with Crippen molar-refractivity contribution in [1.29, 1.82) is 0 Å². The first-order chi connectivity index (χ1) is 5.70. The Hall–Kier alpha value is -1.37. The van der Waals surface area contributed by atoms with Crippen LogP contribution in [0.15, 0.2) is 25.4 Å². The molecular weight excluding hydrogens is 146 g/mol. The maximum Gasteiger partial charge on any atom is 0.185 e. The lowest BCUT2D eigenvalue weighted by Crippen LogP contribution is -2.32. The Bertz CT molecular complexity index is 324. The third kappa shape index (κ3) is 1.30. The second-order valence-electron chi connectivity index (χ2n) is 2.79. The minimum absolute atomic E-state index is 1.14. The van der Waals surface area contributed by atoms with E-state index < -0.39 is 0 Å². The Labute approximate surface area is 73.7 Å². The molecule has 1 aromatic heterocycles. The maximum absolute atomic E-state index is 3.78. The molecule has 0 spiro atoms. The summed E-state index contributed by atoms with van der Waals surface area (Å²) in [6.45, 7) is 9.61. The highest BCUT2D eigenvalue weighted by Crippen LogP contribution is 2.12. The Balaban J connectivity index is 3.45. The van der Waals surface area contributed by atoms with Gasteiger partial charge in [0.15, 0.2) is 11.9 Å². The molecule has 0 N–H and O–H groups in total. The van der Waals surface area contributed by atoms with Crippen LogP contribution in [-0.4, -0.2) is 0 Å². The summed E-state index contributed by atoms with van der Waals surface area (Å²) in [6.07, 6.45) is 5.75. The maximum atomic E-state index is 3.78. The fraction of sp³-hybridized carbons (Fsp3) is 0.182. The van der Waals surface area contributed by atoms with Crippen LogP contribution >= 0.6 is 0 Å². The molecule has 0 bridgehead atoms. The zero-order valence-corrected chi connectivity index (χ0v) is 7.67. The van der Waals surface area contributed by atoms with Crippen molar-refractivity contribution in [2.75, 3.05) is 0 Å². The van der Waals surface area contributed by atoms with E-state index in [4.69, 9.17) is 0 Å². The smallest absolute Gasteiger partial charge is 0.185 e. The van der Waals surface area contributed by atoms with Crippen molar-refractivity contribution in [3.05, 3.63) is 42.2 Å². The second-order valence-corrected chi connectivity index (χ2v) is 2.79. The number of nitrogens with zero attached hydrogens (tertiary/aromatic N) is 1. The quantitative estimate of drug-likeness (QED) is 0.583. The monoisotopic (exact) mass is 160 g/mol. The van der Waals surface area contributed by atoms with E-state index in [-0.39, 0.29) is 0 Å². The molecule has 1 rings (SSSR count). The molecule has 0 unspecified atom stereocenters. The van der Waals surface area contributed by atoms with Crippen molar-refractivity contribution in [3.63, 3.8) is 0 Å². The topological polar surface area (TPSA) is 3.88 Å². The van der Waals surface area contributed by atoms with Crippen LogP contribution < -0.4 is 4.57 Å². The summed E-state index contributed by atoms with van der Waals surface area (Å²) in [7, 11) is 2.02. The molecule has 0 fully saturated rings. The fourth-order valence-electron chi connectivity index (χ4n) is 1.24. The molecule has 0 aromatic carbocycles. The lowest BCUT2D eigenvalue weighted by molar-refractivity contribution is -0.677. The summed E-state index contributed by atoms with van der Waals surface area (Å²) < 4.78 is 2.07. The van der Waals surface area contributed by atoms with E-state index in [1.54, 1.807) is 0 Å². The van der Waals surface area contributed by atoms with Crippen LogP contribution in [-0.2, 0) is 7.05 Å². The Morgan fingerprint density at radius 3 is 2.50 bits per heavy atom. The van der Waals surface area contributed by atoms with E-state index in [1.807, 2.05) is 31.5 Å². The third-order valence-electron chi connectivity index (χ3n) is 2.13. The van der Waals surface area contributed by atoms with Gasteiger partial charge in [-0.2, -0.15) is 0 Å². The number of aromatic nitrogens is 1. The van der Waals surface area contributed by atoms with Crippen molar-refractivity contribution >= 4 is 12.2 Å². The van der Waals surface area contributed by atoms with Gasteiger partial charge in [0, 0.05) is 18.6 Å². The van der Waals surface area contributed by atoms with Crippen LogP contribution in [0.1, 0.15) is 16.8 Å². The summed E-state index contributed by atoms with van der Waals surface area (Å²) in [5.41, 5.74) is 3.51. The highest BCUT2D eigenvalue weighted by Gasteiger charge is 2.07. The van der Waals surface area contributed by atoms with E-state index in [0.717, 1.165) is 11.1 Å². The highest BCUT2D eigenvalue weighted by molar-refractivity contribution is 5.63. The molecule has 0 saturated carbocycles. The van der Waals surface area contributed by atoms with Gasteiger partial charge in [-0.25, -0.2) is 4.57 Å². The van der Waals surface area contributed by atoms with Crippen molar-refractivity contribution < 1.29 is 4.57 Å². The van der Waals surface area contributed by atoms with Crippen molar-refractivity contribution in [2.45, 2.75) is 6.92 Å². The number of pyridine rings is 1. The Kier molecular flexibility index (Phi) is 2.44. The molecule has 1 aromatic rings. The van der Waals surface area contributed by atoms with E-state index in [0.29, 0.717) is 0 Å². The predicted octanol–water partition coefficient (Wildman–Crippen LogP) is 2.11. The minimum atomic E-state index is 1.14. The van der Waals surface area contributed by atoms with Gasteiger partial charge in [0.2, 0.25) is 0 Å². The summed E-state index contributed by atoms with van der Waals surface area (Å²) in [5.74, 6) is 0. The van der Waals surface area contributed by atoms with Gasteiger partial charge in [0.1, 0.15) is 7.05 Å². The molecule has 0 aliphatic carbocycles. The third-order valence-corrected chi connectivity index (χ3v) is 2.13. The molecule has 0 atom stereocenters. The molecule has 62 valence electrons. The van der Waals surface area contributed by atoms with Crippen LogP contribution in [0.2, 0.25) is 0 Å². The van der Waals surface area contributed by atoms with Crippen LogP contribution in [0.5, 0.6) is 0 Å². The average Bonchev–Trinajstić information content (AvgIpc) is 2.09. The van der Waals surface area contributed by atoms with Gasteiger partial charge in [-0.3, -0.25) is 0 Å². The molecule has 1 nitrogen and oxygen atoms in total. The van der Waals surface area contributed by atoms with Crippen molar-refractivity contribution in [3.8, 4) is 0 Å². The van der Waals surface area contributed by atoms with Crippen molar-refractivity contribution in [2.24, 2.45) is 7.05 Å². The molecule has 0 aliphatic heterocycles. The van der Waals surface area contributed by atoms with Gasteiger partial charge in [0.05, 0.1) is 0 Å². The van der Waals surface area contributed by atoms with Gasteiger partial charge >= 0.3 is 0 Å². The Morgan fingerprint density at radius 2 is 2.00 bits per heavy atom. The molecule has 0 saturated heterocycles. The van der Waals surface area contributed by atoms with Crippen LogP contribution in [0.4, 0.5) is 0 Å². The fourth-order valence-corrected chi connectivity index (χ4v) is 1.24. The molecule has 0 aliphatic rings. The number of hydrogen-bond acceptors (Lipinski definition) is 0. The summed E-state index contributed by atoms with van der Waals surface area (Å²) in [4.78, 5) is 0. The van der Waals surface area contributed by atoms with Crippen molar-refractivity contribution in [1.82, 2.24) is 0 Å². The first kappa shape index (κ1) is 8.72. The average molecular weight is 160 g/mol. The molecule has 12 heavy (non-hydrogen) atoms. The van der Waals surface area contributed by atoms with E-state index in [9.17, 15) is 0 Å². The zero-order chi connectivity index (χ0) is 9.14. The van der Waals surface area contributed by atoms with Crippen LogP contribution in [0, 0.1) is 6.92 Å². The number of aryl methyl sites for hydroxylation is 1. The number of hydrogen-bond donors (Lipinski definition) is 0. The summed E-state index contributed by atoms with van der Waals surface area (Å²) >= 11 is 0.